The molecule has 3 atom stereocenters. The van der Waals surface area contributed by atoms with Crippen molar-refractivity contribution in [1.29, 1.82) is 0 Å². The second-order valence-electron chi connectivity index (χ2n) is 9.56. The summed E-state index contributed by atoms with van der Waals surface area (Å²) in [5.41, 5.74) is 4.84. The van der Waals surface area contributed by atoms with Gasteiger partial charge in [-0.25, -0.2) is 0 Å². The van der Waals surface area contributed by atoms with Gasteiger partial charge in [-0.3, -0.25) is 9.59 Å². The highest BCUT2D eigenvalue weighted by Crippen LogP contribution is 2.46. The maximum Gasteiger partial charge on any atom is 0.306 e. The minimum Gasteiger partial charge on any atom is -0.466 e. The monoisotopic (exact) mass is 458 g/mol. The lowest BCUT2D eigenvalue weighted by Crippen LogP contribution is -2.25. The van der Waals surface area contributed by atoms with E-state index in [1.54, 1.807) is 11.6 Å². The molecule has 1 aromatic heterocycles. The van der Waals surface area contributed by atoms with Gasteiger partial charge in [0.1, 0.15) is 0 Å². The molecule has 1 heterocycles. The molecule has 4 rings (SSSR count). The Morgan fingerprint density at radius 2 is 1.68 bits per heavy atom. The second kappa shape index (κ2) is 10.4. The Bertz CT molecular complexity index is 1130. The van der Waals surface area contributed by atoms with Crippen molar-refractivity contribution in [2.45, 2.75) is 64.7 Å². The molecule has 1 aliphatic rings. The van der Waals surface area contributed by atoms with Crippen molar-refractivity contribution < 1.29 is 14.3 Å². The minimum atomic E-state index is -0.670. The summed E-state index contributed by atoms with van der Waals surface area (Å²) in [5.74, 6) is -0.196. The molecule has 0 saturated carbocycles. The van der Waals surface area contributed by atoms with Gasteiger partial charge >= 0.3 is 5.97 Å². The summed E-state index contributed by atoms with van der Waals surface area (Å²) in [6.45, 7) is 8.74. The summed E-state index contributed by atoms with van der Waals surface area (Å²) >= 11 is 0. The third kappa shape index (κ3) is 4.70. The standard InChI is InChI=1S/C29H34N2O3/c1-5-34-25(32)18-24(21-12-8-6-9-13-21)29(33)31-28(22-14-10-7-11-15-22)26-20(4)16-17-23(19(2)3)27(26)30-31/h6-15,19-20,23-24H,5,16-18H2,1-4H3/t20-,23+,24-/m1/s1. The number of nitrogens with zero attached hydrogens (tertiary/aromatic N) is 2. The molecule has 5 heteroatoms. The highest BCUT2D eigenvalue weighted by atomic mass is 16.5. The van der Waals surface area contributed by atoms with Crippen LogP contribution < -0.4 is 0 Å². The fraction of sp³-hybridized carbons (Fsp3) is 0.414. The highest BCUT2D eigenvalue weighted by Gasteiger charge is 2.37. The van der Waals surface area contributed by atoms with Crippen LogP contribution in [0.2, 0.25) is 0 Å². The Morgan fingerprint density at radius 3 is 2.29 bits per heavy atom. The predicted octanol–water partition coefficient (Wildman–Crippen LogP) is 6.56. The smallest absolute Gasteiger partial charge is 0.306 e. The molecule has 0 amide bonds. The molecule has 0 aliphatic heterocycles. The molecule has 178 valence electrons. The molecule has 3 aromatic rings. The molecular weight excluding hydrogens is 424 g/mol. The summed E-state index contributed by atoms with van der Waals surface area (Å²) in [4.78, 5) is 26.7. The summed E-state index contributed by atoms with van der Waals surface area (Å²) in [6.07, 6.45) is 2.12. The Kier molecular flexibility index (Phi) is 7.30. The normalized spacial score (nSPS) is 18.4. The van der Waals surface area contributed by atoms with E-state index in [4.69, 9.17) is 9.84 Å². The number of rotatable bonds is 7. The fourth-order valence-electron chi connectivity index (χ4n) is 5.17. The van der Waals surface area contributed by atoms with Crippen LogP contribution in [0.3, 0.4) is 0 Å². The van der Waals surface area contributed by atoms with Crippen molar-refractivity contribution in [2.75, 3.05) is 6.61 Å². The van der Waals surface area contributed by atoms with E-state index in [-0.39, 0.29) is 24.9 Å². The Hall–Kier alpha value is -3.21. The number of hydrogen-bond acceptors (Lipinski definition) is 4. The van der Waals surface area contributed by atoms with Gasteiger partial charge in [0.25, 0.3) is 5.91 Å². The number of carbonyl (C=O) groups excluding carboxylic acids is 2. The summed E-state index contributed by atoms with van der Waals surface area (Å²) in [6, 6.07) is 19.5. The van der Waals surface area contributed by atoms with Gasteiger partial charge in [0.2, 0.25) is 0 Å². The lowest BCUT2D eigenvalue weighted by atomic mass is 9.75. The van der Waals surface area contributed by atoms with Gasteiger partial charge in [0.05, 0.1) is 30.3 Å². The lowest BCUT2D eigenvalue weighted by molar-refractivity contribution is -0.143. The van der Waals surface area contributed by atoms with E-state index in [2.05, 4.69) is 20.8 Å². The van der Waals surface area contributed by atoms with Gasteiger partial charge < -0.3 is 4.74 Å². The van der Waals surface area contributed by atoms with E-state index >= 15 is 0 Å². The fourth-order valence-corrected chi connectivity index (χ4v) is 5.17. The van der Waals surface area contributed by atoms with Crippen LogP contribution in [0.25, 0.3) is 11.3 Å². The minimum absolute atomic E-state index is 0.0153. The molecule has 1 aliphatic carbocycles. The number of esters is 1. The van der Waals surface area contributed by atoms with Gasteiger partial charge in [-0.05, 0) is 37.2 Å². The van der Waals surface area contributed by atoms with E-state index in [0.717, 1.165) is 35.4 Å². The van der Waals surface area contributed by atoms with Crippen LogP contribution in [0.4, 0.5) is 0 Å². The Labute approximate surface area is 202 Å². The maximum atomic E-state index is 14.2. The van der Waals surface area contributed by atoms with Crippen molar-refractivity contribution in [3.05, 3.63) is 77.5 Å². The van der Waals surface area contributed by atoms with Crippen molar-refractivity contribution in [1.82, 2.24) is 9.78 Å². The van der Waals surface area contributed by atoms with Crippen LogP contribution in [-0.4, -0.2) is 28.3 Å². The molecule has 0 saturated heterocycles. The molecule has 5 nitrogen and oxygen atoms in total. The van der Waals surface area contributed by atoms with E-state index in [9.17, 15) is 9.59 Å². The number of fused-ring (bicyclic) bond motifs is 1. The van der Waals surface area contributed by atoms with Crippen molar-refractivity contribution in [2.24, 2.45) is 5.92 Å². The van der Waals surface area contributed by atoms with Crippen molar-refractivity contribution in [3.63, 3.8) is 0 Å². The van der Waals surface area contributed by atoms with E-state index in [0.29, 0.717) is 17.8 Å². The summed E-state index contributed by atoms with van der Waals surface area (Å²) in [7, 11) is 0. The third-order valence-electron chi connectivity index (χ3n) is 6.94. The first-order chi connectivity index (χ1) is 16.4. The second-order valence-corrected chi connectivity index (χ2v) is 9.56. The van der Waals surface area contributed by atoms with Crippen LogP contribution in [-0.2, 0) is 9.53 Å². The molecule has 0 bridgehead atoms. The van der Waals surface area contributed by atoms with Gasteiger partial charge in [-0.1, -0.05) is 81.4 Å². The number of benzene rings is 2. The van der Waals surface area contributed by atoms with E-state index in [1.165, 1.54) is 5.56 Å². The van der Waals surface area contributed by atoms with Gasteiger partial charge in [-0.15, -0.1) is 0 Å². The average molecular weight is 459 g/mol. The van der Waals surface area contributed by atoms with Gasteiger partial charge in [-0.2, -0.15) is 9.78 Å². The topological polar surface area (TPSA) is 61.2 Å². The number of ether oxygens (including phenoxy) is 1. The van der Waals surface area contributed by atoms with Crippen molar-refractivity contribution in [3.8, 4) is 11.3 Å². The van der Waals surface area contributed by atoms with E-state index < -0.39 is 5.92 Å². The molecule has 0 N–H and O–H groups in total. The van der Waals surface area contributed by atoms with Crippen LogP contribution in [0.1, 0.15) is 86.3 Å². The first-order valence-corrected chi connectivity index (χ1v) is 12.3. The van der Waals surface area contributed by atoms with E-state index in [1.807, 2.05) is 60.7 Å². The molecule has 2 aromatic carbocycles. The highest BCUT2D eigenvalue weighted by molar-refractivity contribution is 5.93. The molecule has 0 unspecified atom stereocenters. The van der Waals surface area contributed by atoms with Crippen LogP contribution >= 0.6 is 0 Å². The first kappa shape index (κ1) is 23.9. The van der Waals surface area contributed by atoms with Crippen LogP contribution in [0, 0.1) is 5.92 Å². The lowest BCUT2D eigenvalue weighted by Gasteiger charge is -2.28. The average Bonchev–Trinajstić information content (AvgIpc) is 3.25. The predicted molar refractivity (Wildman–Crippen MR) is 134 cm³/mol. The number of hydrogen-bond donors (Lipinski definition) is 0. The Balaban J connectivity index is 1.89. The van der Waals surface area contributed by atoms with Crippen molar-refractivity contribution >= 4 is 11.9 Å². The quantitative estimate of drug-likeness (QED) is 0.376. The molecule has 0 fully saturated rings. The maximum absolute atomic E-state index is 14.2. The van der Waals surface area contributed by atoms with Gasteiger partial charge in [0, 0.05) is 17.0 Å². The number of carbonyl (C=O) groups is 2. The zero-order chi connectivity index (χ0) is 24.2. The molecule has 0 radical (unpaired) electrons. The third-order valence-corrected chi connectivity index (χ3v) is 6.94. The molecule has 0 spiro atoms. The molecule has 34 heavy (non-hydrogen) atoms. The largest absolute Gasteiger partial charge is 0.466 e. The molecular formula is C29H34N2O3. The number of aromatic nitrogens is 2. The zero-order valence-corrected chi connectivity index (χ0v) is 20.5. The first-order valence-electron chi connectivity index (χ1n) is 12.3. The summed E-state index contributed by atoms with van der Waals surface area (Å²) < 4.78 is 6.81. The SMILES string of the molecule is CCOC(=O)C[C@@H](C(=O)n1nc2c(c1-c1ccccc1)[C@H](C)CC[C@H]2C(C)C)c1ccccc1. The van der Waals surface area contributed by atoms with Crippen LogP contribution in [0.5, 0.6) is 0 Å². The Morgan fingerprint density at radius 1 is 1.03 bits per heavy atom. The van der Waals surface area contributed by atoms with Gasteiger partial charge in [0.15, 0.2) is 0 Å². The summed E-state index contributed by atoms with van der Waals surface area (Å²) in [5, 5.41) is 4.99. The van der Waals surface area contributed by atoms with Crippen LogP contribution in [0.15, 0.2) is 60.7 Å². The zero-order valence-electron chi connectivity index (χ0n) is 20.5.